The molecule has 0 spiro atoms. The second-order valence-corrected chi connectivity index (χ2v) is 7.41. The van der Waals surface area contributed by atoms with Crippen LogP contribution < -0.4 is 9.47 Å². The van der Waals surface area contributed by atoms with Gasteiger partial charge in [-0.25, -0.2) is 0 Å². The lowest BCUT2D eigenvalue weighted by atomic mass is 9.83. The Morgan fingerprint density at radius 2 is 2.00 bits per heavy atom. The van der Waals surface area contributed by atoms with Gasteiger partial charge in [0.15, 0.2) is 11.5 Å². The van der Waals surface area contributed by atoms with Crippen molar-refractivity contribution in [3.05, 3.63) is 59.2 Å². The lowest BCUT2D eigenvalue weighted by molar-refractivity contribution is -0.0802. The van der Waals surface area contributed by atoms with Crippen molar-refractivity contribution in [1.29, 1.82) is 0 Å². The van der Waals surface area contributed by atoms with Crippen LogP contribution in [0.25, 0.3) is 0 Å². The highest BCUT2D eigenvalue weighted by Gasteiger charge is 2.37. The van der Waals surface area contributed by atoms with E-state index in [0.717, 1.165) is 49.6 Å². The molecule has 1 fully saturated rings. The molecule has 0 radical (unpaired) electrons. The standard InChI is InChI=1S/C23H29NO3/c1-3-11-24-12-13-26-23-19-15-21(25-2)22(14-18(19)9-10-20(23)24)27-16-17-7-5-4-6-8-17/h4-8,14-15,20,23H,3,9-13,16H2,1-2H3/t20-,23-/m1/s1. The zero-order chi connectivity index (χ0) is 18.6. The van der Waals surface area contributed by atoms with E-state index in [1.165, 1.54) is 17.5 Å². The predicted molar refractivity (Wildman–Crippen MR) is 106 cm³/mol. The van der Waals surface area contributed by atoms with E-state index in [0.29, 0.717) is 12.6 Å². The summed E-state index contributed by atoms with van der Waals surface area (Å²) in [6.07, 6.45) is 3.53. The summed E-state index contributed by atoms with van der Waals surface area (Å²) >= 11 is 0. The molecule has 1 aliphatic carbocycles. The molecule has 2 atom stereocenters. The number of hydrogen-bond acceptors (Lipinski definition) is 4. The van der Waals surface area contributed by atoms with Gasteiger partial charge in [0, 0.05) is 12.6 Å². The van der Waals surface area contributed by atoms with E-state index in [1.54, 1.807) is 7.11 Å². The third kappa shape index (κ3) is 3.83. The van der Waals surface area contributed by atoms with Gasteiger partial charge in [-0.1, -0.05) is 37.3 Å². The summed E-state index contributed by atoms with van der Waals surface area (Å²) in [5, 5.41) is 0. The Bertz CT molecular complexity index is 760. The molecule has 2 aromatic carbocycles. The Hall–Kier alpha value is -2.04. The first-order valence-corrected chi connectivity index (χ1v) is 10.0. The highest BCUT2D eigenvalue weighted by Crippen LogP contribution is 2.42. The minimum absolute atomic E-state index is 0.145. The van der Waals surface area contributed by atoms with Gasteiger partial charge in [-0.2, -0.15) is 0 Å². The minimum atomic E-state index is 0.145. The summed E-state index contributed by atoms with van der Waals surface area (Å²) in [6, 6.07) is 15.0. The Balaban J connectivity index is 1.57. The second kappa shape index (κ2) is 8.32. The smallest absolute Gasteiger partial charge is 0.161 e. The van der Waals surface area contributed by atoms with Crippen LogP contribution in [0.1, 0.15) is 42.6 Å². The average Bonchev–Trinajstić information content (AvgIpc) is 2.72. The number of fused-ring (bicyclic) bond motifs is 3. The molecule has 1 aliphatic heterocycles. The molecule has 0 amide bonds. The largest absolute Gasteiger partial charge is 0.493 e. The third-order valence-electron chi connectivity index (χ3n) is 5.68. The van der Waals surface area contributed by atoms with Crippen LogP contribution in [0, 0.1) is 0 Å². The molecule has 144 valence electrons. The van der Waals surface area contributed by atoms with Crippen LogP contribution in [-0.4, -0.2) is 37.7 Å². The fourth-order valence-corrected chi connectivity index (χ4v) is 4.37. The van der Waals surface area contributed by atoms with Crippen molar-refractivity contribution in [2.75, 3.05) is 26.8 Å². The van der Waals surface area contributed by atoms with Gasteiger partial charge >= 0.3 is 0 Å². The fourth-order valence-electron chi connectivity index (χ4n) is 4.37. The maximum atomic E-state index is 6.22. The van der Waals surface area contributed by atoms with Crippen molar-refractivity contribution >= 4 is 0 Å². The zero-order valence-electron chi connectivity index (χ0n) is 16.3. The van der Waals surface area contributed by atoms with Gasteiger partial charge in [0.2, 0.25) is 0 Å². The highest BCUT2D eigenvalue weighted by atomic mass is 16.5. The Kier molecular flexibility index (Phi) is 5.65. The summed E-state index contributed by atoms with van der Waals surface area (Å²) in [5.41, 5.74) is 3.76. The first kappa shape index (κ1) is 18.3. The normalized spacial score (nSPS) is 22.0. The molecule has 2 aromatic rings. The molecule has 2 aliphatic rings. The summed E-state index contributed by atoms with van der Waals surface area (Å²) < 4.78 is 18.0. The van der Waals surface area contributed by atoms with E-state index in [1.807, 2.05) is 18.2 Å². The maximum absolute atomic E-state index is 6.22. The molecule has 0 saturated carbocycles. The molecule has 0 aromatic heterocycles. The van der Waals surface area contributed by atoms with Crippen molar-refractivity contribution in [1.82, 2.24) is 4.90 Å². The molecule has 0 unspecified atom stereocenters. The summed E-state index contributed by atoms with van der Waals surface area (Å²) in [4.78, 5) is 2.60. The summed E-state index contributed by atoms with van der Waals surface area (Å²) in [7, 11) is 1.71. The number of aryl methyl sites for hydroxylation is 1. The number of benzene rings is 2. The van der Waals surface area contributed by atoms with Crippen molar-refractivity contribution in [2.24, 2.45) is 0 Å². The van der Waals surface area contributed by atoms with Crippen LogP contribution in [0.3, 0.4) is 0 Å². The number of ether oxygens (including phenoxy) is 3. The number of nitrogens with zero attached hydrogens (tertiary/aromatic N) is 1. The molecule has 4 nitrogen and oxygen atoms in total. The van der Waals surface area contributed by atoms with Crippen LogP contribution in [0.4, 0.5) is 0 Å². The number of methoxy groups -OCH3 is 1. The van der Waals surface area contributed by atoms with Gasteiger partial charge in [0.25, 0.3) is 0 Å². The molecule has 4 heteroatoms. The molecule has 4 rings (SSSR count). The molecular weight excluding hydrogens is 338 g/mol. The van der Waals surface area contributed by atoms with Crippen molar-refractivity contribution < 1.29 is 14.2 Å². The second-order valence-electron chi connectivity index (χ2n) is 7.41. The van der Waals surface area contributed by atoms with Gasteiger partial charge in [0.1, 0.15) is 6.61 Å². The fraction of sp³-hybridized carbons (Fsp3) is 0.478. The van der Waals surface area contributed by atoms with E-state index in [-0.39, 0.29) is 6.10 Å². The van der Waals surface area contributed by atoms with Gasteiger partial charge in [-0.15, -0.1) is 0 Å². The average molecular weight is 367 g/mol. The molecule has 1 heterocycles. The lowest BCUT2D eigenvalue weighted by Crippen LogP contribution is -2.49. The Labute approximate surface area is 162 Å². The van der Waals surface area contributed by atoms with E-state index >= 15 is 0 Å². The third-order valence-corrected chi connectivity index (χ3v) is 5.68. The Morgan fingerprint density at radius 1 is 1.15 bits per heavy atom. The maximum Gasteiger partial charge on any atom is 0.161 e. The van der Waals surface area contributed by atoms with Crippen LogP contribution in [0.5, 0.6) is 11.5 Å². The highest BCUT2D eigenvalue weighted by molar-refractivity contribution is 5.50. The molecule has 1 saturated heterocycles. The van der Waals surface area contributed by atoms with E-state index in [2.05, 4.69) is 36.1 Å². The molecular formula is C23H29NO3. The molecule has 0 N–H and O–H groups in total. The van der Waals surface area contributed by atoms with Crippen molar-refractivity contribution in [3.8, 4) is 11.5 Å². The van der Waals surface area contributed by atoms with Gasteiger partial charge in [0.05, 0.1) is 19.8 Å². The van der Waals surface area contributed by atoms with E-state index in [4.69, 9.17) is 14.2 Å². The monoisotopic (exact) mass is 367 g/mol. The van der Waals surface area contributed by atoms with E-state index in [9.17, 15) is 0 Å². The molecule has 0 bridgehead atoms. The minimum Gasteiger partial charge on any atom is -0.493 e. The first-order chi connectivity index (χ1) is 13.3. The number of rotatable bonds is 6. The summed E-state index contributed by atoms with van der Waals surface area (Å²) in [5.74, 6) is 1.61. The van der Waals surface area contributed by atoms with Crippen molar-refractivity contribution in [3.63, 3.8) is 0 Å². The number of morpholine rings is 1. The van der Waals surface area contributed by atoms with Crippen LogP contribution in [0.15, 0.2) is 42.5 Å². The van der Waals surface area contributed by atoms with Crippen molar-refractivity contribution in [2.45, 2.75) is 44.9 Å². The SMILES string of the molecule is CCCN1CCO[C@@H]2c3cc(OC)c(OCc4ccccc4)cc3CC[C@H]21. The predicted octanol–water partition coefficient (Wildman–Crippen LogP) is 4.37. The van der Waals surface area contributed by atoms with Crippen LogP contribution in [0.2, 0.25) is 0 Å². The van der Waals surface area contributed by atoms with E-state index < -0.39 is 0 Å². The van der Waals surface area contributed by atoms with Gasteiger partial charge < -0.3 is 14.2 Å². The zero-order valence-corrected chi connectivity index (χ0v) is 16.3. The summed E-state index contributed by atoms with van der Waals surface area (Å²) in [6.45, 7) is 5.79. The topological polar surface area (TPSA) is 30.9 Å². The lowest BCUT2D eigenvalue weighted by Gasteiger charge is -2.44. The number of hydrogen-bond donors (Lipinski definition) is 0. The quantitative estimate of drug-likeness (QED) is 0.758. The molecule has 27 heavy (non-hydrogen) atoms. The first-order valence-electron chi connectivity index (χ1n) is 10.0. The Morgan fingerprint density at radius 3 is 2.78 bits per heavy atom. The van der Waals surface area contributed by atoms with Gasteiger partial charge in [-0.05, 0) is 54.6 Å². The van der Waals surface area contributed by atoms with Gasteiger partial charge in [-0.3, -0.25) is 4.90 Å². The van der Waals surface area contributed by atoms with Crippen LogP contribution >= 0.6 is 0 Å². The van der Waals surface area contributed by atoms with Crippen LogP contribution in [-0.2, 0) is 17.8 Å².